The molecule has 0 aliphatic heterocycles. The van der Waals surface area contributed by atoms with Crippen molar-refractivity contribution in [1.82, 2.24) is 9.55 Å². The largest absolute Gasteiger partial charge is 0.481 e. The Morgan fingerprint density at radius 2 is 2.25 bits per heavy atom. The van der Waals surface area contributed by atoms with Crippen LogP contribution in [0.15, 0.2) is 6.20 Å². The third-order valence-electron chi connectivity index (χ3n) is 3.11. The van der Waals surface area contributed by atoms with Gasteiger partial charge in [0.15, 0.2) is 0 Å². The molecule has 88 valence electrons. The standard InChI is InChI=1S/C11H15ClN2O2/c12-9-7-13-11(8-3-1-2-4-8)14(9)6-5-10(15)16/h7-8H,1-6H2,(H,15,16). The van der Waals surface area contributed by atoms with Crippen molar-refractivity contribution in [3.8, 4) is 0 Å². The Bertz CT molecular complexity index is 383. The van der Waals surface area contributed by atoms with Gasteiger partial charge in [-0.05, 0) is 12.8 Å². The second-order valence-electron chi connectivity index (χ2n) is 4.22. The van der Waals surface area contributed by atoms with Crippen molar-refractivity contribution in [2.24, 2.45) is 0 Å². The van der Waals surface area contributed by atoms with Crippen molar-refractivity contribution in [2.75, 3.05) is 0 Å². The second kappa shape index (κ2) is 4.87. The Morgan fingerprint density at radius 1 is 1.56 bits per heavy atom. The number of carboxylic acid groups (broad SMARTS) is 1. The van der Waals surface area contributed by atoms with Crippen LogP contribution in [0, 0.1) is 0 Å². The summed E-state index contributed by atoms with van der Waals surface area (Å²) >= 11 is 6.01. The van der Waals surface area contributed by atoms with Gasteiger partial charge in [-0.2, -0.15) is 0 Å². The van der Waals surface area contributed by atoms with Crippen molar-refractivity contribution in [2.45, 2.75) is 44.6 Å². The molecule has 1 heterocycles. The quantitative estimate of drug-likeness (QED) is 0.883. The van der Waals surface area contributed by atoms with Gasteiger partial charge < -0.3 is 9.67 Å². The van der Waals surface area contributed by atoms with Gasteiger partial charge in [0.1, 0.15) is 11.0 Å². The zero-order chi connectivity index (χ0) is 11.5. The van der Waals surface area contributed by atoms with E-state index in [0.29, 0.717) is 17.6 Å². The smallest absolute Gasteiger partial charge is 0.305 e. The molecule has 0 spiro atoms. The van der Waals surface area contributed by atoms with E-state index in [-0.39, 0.29) is 6.42 Å². The normalized spacial score (nSPS) is 16.8. The minimum Gasteiger partial charge on any atom is -0.481 e. The van der Waals surface area contributed by atoms with Crippen molar-refractivity contribution >= 4 is 17.6 Å². The Kier molecular flexibility index (Phi) is 3.49. The summed E-state index contributed by atoms with van der Waals surface area (Å²) in [6.07, 6.45) is 6.45. The molecule has 0 unspecified atom stereocenters. The highest BCUT2D eigenvalue weighted by Gasteiger charge is 2.23. The molecule has 0 radical (unpaired) electrons. The first kappa shape index (κ1) is 11.5. The molecule has 0 aromatic carbocycles. The summed E-state index contributed by atoms with van der Waals surface area (Å²) in [5.41, 5.74) is 0. The lowest BCUT2D eigenvalue weighted by atomic mass is 10.1. The van der Waals surface area contributed by atoms with Crippen LogP contribution in [0.2, 0.25) is 5.15 Å². The molecule has 0 amide bonds. The number of imidazole rings is 1. The van der Waals surface area contributed by atoms with Crippen LogP contribution in [0.3, 0.4) is 0 Å². The molecular formula is C11H15ClN2O2. The van der Waals surface area contributed by atoms with E-state index in [9.17, 15) is 4.79 Å². The van der Waals surface area contributed by atoms with Gasteiger partial charge in [-0.25, -0.2) is 4.98 Å². The first-order valence-electron chi connectivity index (χ1n) is 5.61. The molecule has 4 nitrogen and oxygen atoms in total. The Balaban J connectivity index is 2.14. The van der Waals surface area contributed by atoms with E-state index in [1.54, 1.807) is 6.20 Å². The summed E-state index contributed by atoms with van der Waals surface area (Å²) in [4.78, 5) is 14.9. The zero-order valence-corrected chi connectivity index (χ0v) is 9.78. The van der Waals surface area contributed by atoms with Crippen LogP contribution in [0.5, 0.6) is 0 Å². The van der Waals surface area contributed by atoms with Crippen LogP contribution in [0.25, 0.3) is 0 Å². The van der Waals surface area contributed by atoms with Gasteiger partial charge in [0.05, 0.1) is 12.6 Å². The van der Waals surface area contributed by atoms with Crippen LogP contribution >= 0.6 is 11.6 Å². The van der Waals surface area contributed by atoms with Crippen molar-refractivity contribution in [3.63, 3.8) is 0 Å². The summed E-state index contributed by atoms with van der Waals surface area (Å²) in [5.74, 6) is 0.618. The number of carboxylic acids is 1. The highest BCUT2D eigenvalue weighted by Crippen LogP contribution is 2.34. The van der Waals surface area contributed by atoms with E-state index in [1.165, 1.54) is 12.8 Å². The molecule has 1 saturated carbocycles. The maximum atomic E-state index is 10.6. The molecule has 1 aromatic heterocycles. The number of hydrogen-bond acceptors (Lipinski definition) is 2. The van der Waals surface area contributed by atoms with Crippen LogP contribution in [0.1, 0.15) is 43.8 Å². The summed E-state index contributed by atoms with van der Waals surface area (Å²) in [6.45, 7) is 0.417. The molecule has 1 aliphatic rings. The second-order valence-corrected chi connectivity index (χ2v) is 4.60. The fraction of sp³-hybridized carbons (Fsp3) is 0.636. The molecule has 2 rings (SSSR count). The van der Waals surface area contributed by atoms with Gasteiger partial charge >= 0.3 is 5.97 Å². The minimum atomic E-state index is -0.804. The number of hydrogen-bond donors (Lipinski definition) is 1. The van der Waals surface area contributed by atoms with Crippen molar-refractivity contribution in [3.05, 3.63) is 17.2 Å². The lowest BCUT2D eigenvalue weighted by molar-refractivity contribution is -0.137. The molecule has 0 saturated heterocycles. The van der Waals surface area contributed by atoms with E-state index in [4.69, 9.17) is 16.7 Å². The molecule has 1 aromatic rings. The molecular weight excluding hydrogens is 228 g/mol. The maximum absolute atomic E-state index is 10.6. The molecule has 16 heavy (non-hydrogen) atoms. The molecule has 0 atom stereocenters. The van der Waals surface area contributed by atoms with Crippen LogP contribution in [-0.4, -0.2) is 20.6 Å². The van der Waals surface area contributed by atoms with E-state index in [1.807, 2.05) is 4.57 Å². The van der Waals surface area contributed by atoms with Crippen LogP contribution in [-0.2, 0) is 11.3 Å². The predicted molar refractivity (Wildman–Crippen MR) is 60.7 cm³/mol. The Labute approximate surface area is 99.2 Å². The average Bonchev–Trinajstić information content (AvgIpc) is 2.83. The highest BCUT2D eigenvalue weighted by atomic mass is 35.5. The van der Waals surface area contributed by atoms with E-state index in [0.717, 1.165) is 18.7 Å². The fourth-order valence-corrected chi connectivity index (χ4v) is 2.53. The summed E-state index contributed by atoms with van der Waals surface area (Å²) in [7, 11) is 0. The Morgan fingerprint density at radius 3 is 2.88 bits per heavy atom. The van der Waals surface area contributed by atoms with E-state index in [2.05, 4.69) is 4.98 Å². The molecule has 1 fully saturated rings. The maximum Gasteiger partial charge on any atom is 0.305 e. The molecule has 1 N–H and O–H groups in total. The third-order valence-corrected chi connectivity index (χ3v) is 3.41. The first-order valence-corrected chi connectivity index (χ1v) is 5.99. The summed E-state index contributed by atoms with van der Waals surface area (Å²) in [5, 5.41) is 9.23. The first-order chi connectivity index (χ1) is 7.68. The Hall–Kier alpha value is -1.03. The average molecular weight is 243 g/mol. The van der Waals surface area contributed by atoms with Gasteiger partial charge in [0.25, 0.3) is 0 Å². The fourth-order valence-electron chi connectivity index (χ4n) is 2.31. The van der Waals surface area contributed by atoms with Gasteiger partial charge in [-0.1, -0.05) is 24.4 Å². The van der Waals surface area contributed by atoms with Gasteiger partial charge in [-0.3, -0.25) is 4.79 Å². The molecule has 0 bridgehead atoms. The molecule has 5 heteroatoms. The van der Waals surface area contributed by atoms with Gasteiger partial charge in [0, 0.05) is 12.5 Å². The number of aromatic nitrogens is 2. The van der Waals surface area contributed by atoms with E-state index >= 15 is 0 Å². The highest BCUT2D eigenvalue weighted by molar-refractivity contribution is 6.29. The molecule has 1 aliphatic carbocycles. The number of nitrogens with zero attached hydrogens (tertiary/aromatic N) is 2. The predicted octanol–water partition coefficient (Wildman–Crippen LogP) is 2.67. The number of carbonyl (C=O) groups is 1. The number of rotatable bonds is 4. The zero-order valence-electron chi connectivity index (χ0n) is 9.03. The SMILES string of the molecule is O=C(O)CCn1c(Cl)cnc1C1CCCC1. The van der Waals surface area contributed by atoms with Crippen molar-refractivity contribution in [1.29, 1.82) is 0 Å². The monoisotopic (exact) mass is 242 g/mol. The van der Waals surface area contributed by atoms with Crippen LogP contribution in [0.4, 0.5) is 0 Å². The van der Waals surface area contributed by atoms with Crippen LogP contribution < -0.4 is 0 Å². The van der Waals surface area contributed by atoms with Crippen molar-refractivity contribution < 1.29 is 9.90 Å². The van der Waals surface area contributed by atoms with E-state index < -0.39 is 5.97 Å². The van der Waals surface area contributed by atoms with Gasteiger partial charge in [0.2, 0.25) is 0 Å². The lowest BCUT2D eigenvalue weighted by Crippen LogP contribution is -2.10. The van der Waals surface area contributed by atoms with Gasteiger partial charge in [-0.15, -0.1) is 0 Å². The lowest BCUT2D eigenvalue weighted by Gasteiger charge is -2.12. The topological polar surface area (TPSA) is 55.1 Å². The minimum absolute atomic E-state index is 0.0931. The number of halogens is 1. The number of aliphatic carboxylic acids is 1. The third kappa shape index (κ3) is 2.38. The summed E-state index contributed by atoms with van der Waals surface area (Å²) in [6, 6.07) is 0. The summed E-state index contributed by atoms with van der Waals surface area (Å²) < 4.78 is 1.84.